The fraction of sp³-hybridized carbons (Fsp3) is 0.500. The van der Waals surface area contributed by atoms with Crippen molar-refractivity contribution in [3.8, 4) is 5.75 Å². The van der Waals surface area contributed by atoms with Crippen molar-refractivity contribution in [1.29, 1.82) is 0 Å². The number of nitrogens with one attached hydrogen (secondary N) is 1. The van der Waals surface area contributed by atoms with E-state index in [0.717, 1.165) is 19.1 Å². The molecule has 0 heterocycles. The van der Waals surface area contributed by atoms with E-state index < -0.39 is 6.10 Å². The van der Waals surface area contributed by atoms with Gasteiger partial charge in [-0.2, -0.15) is 0 Å². The Balaban J connectivity index is 1.91. The number of ether oxygens (including phenoxy) is 1. The number of hydrogen-bond acceptors (Lipinski definition) is 3. The van der Waals surface area contributed by atoms with Crippen LogP contribution >= 0.6 is 0 Å². The molecule has 1 saturated carbocycles. The van der Waals surface area contributed by atoms with Gasteiger partial charge in [0, 0.05) is 6.04 Å². The van der Waals surface area contributed by atoms with Gasteiger partial charge in [-0.15, -0.1) is 0 Å². The molecule has 2 rings (SSSR count). The second kappa shape index (κ2) is 7.08. The van der Waals surface area contributed by atoms with Gasteiger partial charge in [-0.25, -0.2) is 0 Å². The highest BCUT2D eigenvalue weighted by Crippen LogP contribution is 2.19. The summed E-state index contributed by atoms with van der Waals surface area (Å²) in [6, 6.07) is 7.20. The lowest BCUT2D eigenvalue weighted by molar-refractivity contribution is -0.128. The number of benzene rings is 1. The number of carbonyl (C=O) groups excluding carboxylic acids is 2. The van der Waals surface area contributed by atoms with Crippen molar-refractivity contribution >= 4 is 12.2 Å². The minimum Gasteiger partial charge on any atom is -0.480 e. The molecule has 0 aliphatic heterocycles. The number of carbonyl (C=O) groups is 2. The Morgan fingerprint density at radius 3 is 2.70 bits per heavy atom. The summed E-state index contributed by atoms with van der Waals surface area (Å²) in [4.78, 5) is 23.0. The summed E-state index contributed by atoms with van der Waals surface area (Å²) in [5.41, 5.74) is 0.463. The van der Waals surface area contributed by atoms with Crippen LogP contribution in [-0.2, 0) is 4.79 Å². The van der Waals surface area contributed by atoms with Gasteiger partial charge >= 0.3 is 0 Å². The molecular formula is C16H21NO3. The molecule has 1 N–H and O–H groups in total. The van der Waals surface area contributed by atoms with E-state index in [0.29, 0.717) is 11.3 Å². The number of para-hydroxylation sites is 1. The zero-order chi connectivity index (χ0) is 14.4. The van der Waals surface area contributed by atoms with Gasteiger partial charge in [0.1, 0.15) is 5.75 Å². The minimum absolute atomic E-state index is 0.113. The van der Waals surface area contributed by atoms with Crippen molar-refractivity contribution in [3.63, 3.8) is 0 Å². The zero-order valence-electron chi connectivity index (χ0n) is 11.8. The average molecular weight is 275 g/mol. The summed E-state index contributed by atoms with van der Waals surface area (Å²) in [7, 11) is 0. The first-order valence-corrected chi connectivity index (χ1v) is 7.22. The van der Waals surface area contributed by atoms with Crippen LogP contribution in [0.4, 0.5) is 0 Å². The lowest BCUT2D eigenvalue weighted by atomic mass is 9.95. The maximum absolute atomic E-state index is 12.1. The quantitative estimate of drug-likeness (QED) is 0.841. The van der Waals surface area contributed by atoms with Gasteiger partial charge < -0.3 is 10.1 Å². The van der Waals surface area contributed by atoms with Gasteiger partial charge in [-0.05, 0) is 31.9 Å². The summed E-state index contributed by atoms with van der Waals surface area (Å²) in [5.74, 6) is 0.339. The summed E-state index contributed by atoms with van der Waals surface area (Å²) < 4.78 is 5.60. The Labute approximate surface area is 119 Å². The number of aldehydes is 1. The van der Waals surface area contributed by atoms with Crippen molar-refractivity contribution in [2.45, 2.75) is 51.2 Å². The molecule has 1 unspecified atom stereocenters. The predicted octanol–water partition coefficient (Wildman–Crippen LogP) is 2.72. The third-order valence-electron chi connectivity index (χ3n) is 3.67. The summed E-state index contributed by atoms with van der Waals surface area (Å²) in [5, 5.41) is 3.02. The van der Waals surface area contributed by atoms with Gasteiger partial charge in [0.15, 0.2) is 12.4 Å². The summed E-state index contributed by atoms with van der Waals surface area (Å²) in [6.07, 6.45) is 5.83. The Morgan fingerprint density at radius 1 is 1.30 bits per heavy atom. The molecule has 0 saturated heterocycles. The van der Waals surface area contributed by atoms with E-state index in [2.05, 4.69) is 5.32 Å². The van der Waals surface area contributed by atoms with Crippen LogP contribution in [0, 0.1) is 0 Å². The van der Waals surface area contributed by atoms with E-state index in [1.54, 1.807) is 31.2 Å². The molecule has 0 radical (unpaired) electrons. The third-order valence-corrected chi connectivity index (χ3v) is 3.67. The van der Waals surface area contributed by atoms with E-state index in [9.17, 15) is 9.59 Å². The second-order valence-electron chi connectivity index (χ2n) is 5.26. The van der Waals surface area contributed by atoms with Crippen molar-refractivity contribution in [1.82, 2.24) is 5.32 Å². The van der Waals surface area contributed by atoms with Crippen LogP contribution in [0.2, 0.25) is 0 Å². The SMILES string of the molecule is CC(Oc1ccccc1C=O)C(=O)NC1CCCCC1. The highest BCUT2D eigenvalue weighted by Gasteiger charge is 2.21. The molecule has 0 spiro atoms. The largest absolute Gasteiger partial charge is 0.480 e. The smallest absolute Gasteiger partial charge is 0.260 e. The van der Waals surface area contributed by atoms with Crippen LogP contribution in [-0.4, -0.2) is 24.3 Å². The first-order chi connectivity index (χ1) is 9.70. The van der Waals surface area contributed by atoms with E-state index in [1.807, 2.05) is 0 Å². The van der Waals surface area contributed by atoms with Gasteiger partial charge in [0.25, 0.3) is 5.91 Å². The summed E-state index contributed by atoms with van der Waals surface area (Å²) in [6.45, 7) is 1.71. The molecule has 20 heavy (non-hydrogen) atoms. The first kappa shape index (κ1) is 14.6. The topological polar surface area (TPSA) is 55.4 Å². The second-order valence-corrected chi connectivity index (χ2v) is 5.26. The Morgan fingerprint density at radius 2 is 2.00 bits per heavy atom. The molecule has 4 heteroatoms. The van der Waals surface area contributed by atoms with Crippen molar-refractivity contribution in [2.75, 3.05) is 0 Å². The van der Waals surface area contributed by atoms with Crippen molar-refractivity contribution in [2.24, 2.45) is 0 Å². The predicted molar refractivity (Wildman–Crippen MR) is 76.9 cm³/mol. The van der Waals surface area contributed by atoms with Crippen molar-refractivity contribution < 1.29 is 14.3 Å². The lowest BCUT2D eigenvalue weighted by Crippen LogP contribution is -2.43. The molecule has 0 aromatic heterocycles. The van der Waals surface area contributed by atoms with Gasteiger partial charge in [0.05, 0.1) is 5.56 Å². The van der Waals surface area contributed by atoms with Crippen LogP contribution in [0.5, 0.6) is 5.75 Å². The van der Waals surface area contributed by atoms with Gasteiger partial charge in [-0.3, -0.25) is 9.59 Å². The fourth-order valence-electron chi connectivity index (χ4n) is 2.49. The Kier molecular flexibility index (Phi) is 5.16. The van der Waals surface area contributed by atoms with E-state index in [1.165, 1.54) is 19.3 Å². The zero-order valence-corrected chi connectivity index (χ0v) is 11.8. The normalized spacial score (nSPS) is 17.2. The third kappa shape index (κ3) is 3.83. The average Bonchev–Trinajstić information content (AvgIpc) is 2.48. The van der Waals surface area contributed by atoms with Crippen LogP contribution in [0.25, 0.3) is 0 Å². The minimum atomic E-state index is -0.599. The number of amides is 1. The Bertz CT molecular complexity index is 467. The van der Waals surface area contributed by atoms with Crippen molar-refractivity contribution in [3.05, 3.63) is 29.8 Å². The maximum atomic E-state index is 12.1. The van der Waals surface area contributed by atoms with Crippen LogP contribution in [0.3, 0.4) is 0 Å². The molecule has 0 bridgehead atoms. The van der Waals surface area contributed by atoms with Crippen LogP contribution in [0.15, 0.2) is 24.3 Å². The first-order valence-electron chi connectivity index (χ1n) is 7.22. The molecular weight excluding hydrogens is 254 g/mol. The summed E-state index contributed by atoms with van der Waals surface area (Å²) >= 11 is 0. The molecule has 4 nitrogen and oxygen atoms in total. The molecule has 1 fully saturated rings. The van der Waals surface area contributed by atoms with Gasteiger partial charge in [-0.1, -0.05) is 31.4 Å². The lowest BCUT2D eigenvalue weighted by Gasteiger charge is -2.24. The molecule has 1 aromatic rings. The van der Waals surface area contributed by atoms with E-state index in [4.69, 9.17) is 4.74 Å². The molecule has 1 atom stereocenters. The highest BCUT2D eigenvalue weighted by atomic mass is 16.5. The van der Waals surface area contributed by atoms with E-state index >= 15 is 0 Å². The van der Waals surface area contributed by atoms with Crippen LogP contribution < -0.4 is 10.1 Å². The molecule has 1 aliphatic carbocycles. The molecule has 1 aliphatic rings. The van der Waals surface area contributed by atoms with E-state index in [-0.39, 0.29) is 11.9 Å². The fourth-order valence-corrected chi connectivity index (χ4v) is 2.49. The number of hydrogen-bond donors (Lipinski definition) is 1. The molecule has 1 amide bonds. The van der Waals surface area contributed by atoms with Crippen LogP contribution in [0.1, 0.15) is 49.4 Å². The monoisotopic (exact) mass is 275 g/mol. The standard InChI is InChI=1S/C16H21NO3/c1-12(16(19)17-14-8-3-2-4-9-14)20-15-10-6-5-7-13(15)11-18/h5-7,10-12,14H,2-4,8-9H2,1H3,(H,17,19). The molecule has 1 aromatic carbocycles. The number of rotatable bonds is 5. The van der Waals surface area contributed by atoms with Gasteiger partial charge in [0.2, 0.25) is 0 Å². The maximum Gasteiger partial charge on any atom is 0.260 e. The highest BCUT2D eigenvalue weighted by molar-refractivity contribution is 5.82. The Hall–Kier alpha value is -1.84. The molecule has 108 valence electrons.